The molecule has 7 heteroatoms. The summed E-state index contributed by atoms with van der Waals surface area (Å²) in [4.78, 5) is 12.1. The van der Waals surface area contributed by atoms with Crippen molar-refractivity contribution in [2.45, 2.75) is 45.8 Å². The van der Waals surface area contributed by atoms with Gasteiger partial charge in [0, 0.05) is 17.8 Å². The Morgan fingerprint density at radius 3 is 2.15 bits per heavy atom. The Labute approximate surface area is 158 Å². The van der Waals surface area contributed by atoms with Gasteiger partial charge >= 0.3 is 6.61 Å². The summed E-state index contributed by atoms with van der Waals surface area (Å²) in [5, 5.41) is 2.73. The summed E-state index contributed by atoms with van der Waals surface area (Å²) in [6, 6.07) is 9.91. The van der Waals surface area contributed by atoms with Crippen molar-refractivity contribution < 1.29 is 35.3 Å². The van der Waals surface area contributed by atoms with Crippen LogP contribution in [-0.4, -0.2) is 12.5 Å². The number of aromatic nitrogens is 1. The zero-order valence-corrected chi connectivity index (χ0v) is 15.5. The molecule has 4 nitrogen and oxygen atoms in total. The number of rotatable bonds is 8. The highest BCUT2D eigenvalue weighted by Crippen LogP contribution is 2.21. The van der Waals surface area contributed by atoms with Gasteiger partial charge in [-0.15, -0.1) is 0 Å². The van der Waals surface area contributed by atoms with Crippen molar-refractivity contribution in [2.24, 2.45) is 0 Å². The van der Waals surface area contributed by atoms with Crippen molar-refractivity contribution in [1.29, 1.82) is 0 Å². The molecule has 1 N–H and O–H groups in total. The summed E-state index contributed by atoms with van der Waals surface area (Å²) in [5.74, 6) is 0.402. The third-order valence-corrected chi connectivity index (χ3v) is 4.06. The molecule has 0 unspecified atom stereocenters. The molecule has 0 bridgehead atoms. The van der Waals surface area contributed by atoms with Gasteiger partial charge < -0.3 is 22.5 Å². The largest absolute Gasteiger partial charge is 1.00 e. The Kier molecular flexibility index (Phi) is 8.99. The third kappa shape index (κ3) is 6.59. The topological polar surface area (TPSA) is 42.2 Å². The molecular formula is C19H23ClF2N2O2. The summed E-state index contributed by atoms with van der Waals surface area (Å²) >= 11 is 0. The molecule has 1 aromatic carbocycles. The molecule has 0 spiro atoms. The highest BCUT2D eigenvalue weighted by molar-refractivity contribution is 5.89. The molecule has 2 rings (SSSR count). The molecule has 26 heavy (non-hydrogen) atoms. The van der Waals surface area contributed by atoms with Crippen LogP contribution in [0.5, 0.6) is 5.75 Å². The number of nitrogens with zero attached hydrogens (tertiary/aromatic N) is 1. The Morgan fingerprint density at radius 1 is 1.08 bits per heavy atom. The predicted molar refractivity (Wildman–Crippen MR) is 91.7 cm³/mol. The number of carbonyl (C=O) groups is 1. The van der Waals surface area contributed by atoms with Crippen LogP contribution in [0.3, 0.4) is 0 Å². The summed E-state index contributed by atoms with van der Waals surface area (Å²) in [7, 11) is 0. The Hall–Kier alpha value is -2.21. The molecule has 0 aliphatic carbocycles. The van der Waals surface area contributed by atoms with Crippen LogP contribution in [0.15, 0.2) is 48.8 Å². The zero-order chi connectivity index (χ0) is 18.2. The average molecular weight is 385 g/mol. The third-order valence-electron chi connectivity index (χ3n) is 4.06. The second-order valence-electron chi connectivity index (χ2n) is 5.77. The van der Waals surface area contributed by atoms with E-state index in [1.807, 2.05) is 24.5 Å². The molecule has 0 saturated heterocycles. The number of carbonyl (C=O) groups excluding carboxylic acids is 1. The maximum absolute atomic E-state index is 12.1. The first kappa shape index (κ1) is 21.8. The molecule has 142 valence electrons. The van der Waals surface area contributed by atoms with Gasteiger partial charge in [0.15, 0.2) is 12.4 Å². The van der Waals surface area contributed by atoms with Crippen LogP contribution in [0.25, 0.3) is 0 Å². The van der Waals surface area contributed by atoms with Crippen LogP contribution in [0.2, 0.25) is 0 Å². The predicted octanol–water partition coefficient (Wildman–Crippen LogP) is 1.12. The fraction of sp³-hybridized carbons (Fsp3) is 0.368. The molecule has 0 saturated carbocycles. The lowest BCUT2D eigenvalue weighted by Gasteiger charge is -2.11. The van der Waals surface area contributed by atoms with Gasteiger partial charge in [-0.05, 0) is 48.6 Å². The highest BCUT2D eigenvalue weighted by Gasteiger charge is 2.12. The van der Waals surface area contributed by atoms with E-state index in [1.165, 1.54) is 29.8 Å². The van der Waals surface area contributed by atoms with Crippen molar-refractivity contribution >= 4 is 11.6 Å². The van der Waals surface area contributed by atoms with E-state index in [2.05, 4.69) is 23.9 Å². The van der Waals surface area contributed by atoms with Crippen molar-refractivity contribution in [3.63, 3.8) is 0 Å². The van der Waals surface area contributed by atoms with Gasteiger partial charge in [0.1, 0.15) is 5.75 Å². The first-order valence-corrected chi connectivity index (χ1v) is 8.35. The van der Waals surface area contributed by atoms with Crippen molar-refractivity contribution in [3.8, 4) is 5.75 Å². The van der Waals surface area contributed by atoms with Crippen LogP contribution in [0, 0.1) is 0 Å². The first-order valence-electron chi connectivity index (χ1n) is 8.35. The summed E-state index contributed by atoms with van der Waals surface area (Å²) < 4.78 is 30.3. The minimum Gasteiger partial charge on any atom is -1.00 e. The average Bonchev–Trinajstić information content (AvgIpc) is 2.59. The molecule has 2 aromatic rings. The van der Waals surface area contributed by atoms with E-state index < -0.39 is 6.61 Å². The van der Waals surface area contributed by atoms with Crippen LogP contribution < -0.4 is 27.0 Å². The van der Waals surface area contributed by atoms with E-state index in [4.69, 9.17) is 0 Å². The van der Waals surface area contributed by atoms with Crippen LogP contribution in [-0.2, 0) is 11.3 Å². The molecular weight excluding hydrogens is 362 g/mol. The SMILES string of the molecule is CCC(CC)c1cc[n+](CC(=O)Nc2ccc(OC(F)F)cc2)cc1.[Cl-]. The van der Waals surface area contributed by atoms with Gasteiger partial charge in [-0.3, -0.25) is 4.79 Å². The Bertz CT molecular complexity index is 675. The summed E-state index contributed by atoms with van der Waals surface area (Å²) in [5.41, 5.74) is 1.80. The fourth-order valence-corrected chi connectivity index (χ4v) is 2.69. The van der Waals surface area contributed by atoms with E-state index in [0.717, 1.165) is 12.8 Å². The number of halogens is 3. The number of amides is 1. The Morgan fingerprint density at radius 2 is 1.65 bits per heavy atom. The van der Waals surface area contributed by atoms with Gasteiger partial charge in [0.2, 0.25) is 6.54 Å². The van der Waals surface area contributed by atoms with Crippen LogP contribution in [0.4, 0.5) is 14.5 Å². The maximum Gasteiger partial charge on any atom is 0.387 e. The van der Waals surface area contributed by atoms with Gasteiger partial charge in [0.05, 0.1) is 0 Å². The van der Waals surface area contributed by atoms with E-state index in [0.29, 0.717) is 11.6 Å². The van der Waals surface area contributed by atoms with E-state index in [9.17, 15) is 13.6 Å². The zero-order valence-electron chi connectivity index (χ0n) is 14.8. The molecule has 0 aliphatic rings. The number of hydrogen-bond donors (Lipinski definition) is 1. The molecule has 1 aromatic heterocycles. The van der Waals surface area contributed by atoms with Crippen molar-refractivity contribution in [2.75, 3.05) is 5.32 Å². The number of ether oxygens (including phenoxy) is 1. The van der Waals surface area contributed by atoms with Crippen molar-refractivity contribution in [3.05, 3.63) is 54.4 Å². The van der Waals surface area contributed by atoms with E-state index in [-0.39, 0.29) is 30.6 Å². The molecule has 0 radical (unpaired) electrons. The fourth-order valence-electron chi connectivity index (χ4n) is 2.69. The monoisotopic (exact) mass is 384 g/mol. The first-order chi connectivity index (χ1) is 12.0. The number of alkyl halides is 2. The van der Waals surface area contributed by atoms with Crippen molar-refractivity contribution in [1.82, 2.24) is 0 Å². The molecule has 0 aliphatic heterocycles. The lowest BCUT2D eigenvalue weighted by atomic mass is 9.95. The molecule has 0 atom stereocenters. The van der Waals surface area contributed by atoms with E-state index in [1.54, 1.807) is 4.57 Å². The number of anilines is 1. The lowest BCUT2D eigenvalue weighted by molar-refractivity contribution is -0.684. The number of pyridine rings is 1. The summed E-state index contributed by atoms with van der Waals surface area (Å²) in [6.45, 7) is 1.65. The van der Waals surface area contributed by atoms with Gasteiger partial charge in [-0.25, -0.2) is 0 Å². The normalized spacial score (nSPS) is 10.5. The smallest absolute Gasteiger partial charge is 0.387 e. The minimum atomic E-state index is -2.86. The van der Waals surface area contributed by atoms with Crippen LogP contribution >= 0.6 is 0 Å². The second-order valence-corrected chi connectivity index (χ2v) is 5.77. The number of nitrogens with one attached hydrogen (secondary N) is 1. The van der Waals surface area contributed by atoms with Gasteiger partial charge in [0.25, 0.3) is 5.91 Å². The number of hydrogen-bond acceptors (Lipinski definition) is 2. The molecule has 1 heterocycles. The second kappa shape index (κ2) is 10.7. The maximum atomic E-state index is 12.1. The summed E-state index contributed by atoms with van der Waals surface area (Å²) in [6.07, 6.45) is 5.97. The molecule has 0 fully saturated rings. The standard InChI is InChI=1S/C19H22F2N2O2.ClH/c1-3-14(4-2)15-9-11-23(12-10-15)13-18(24)22-16-5-7-17(8-6-16)25-19(20)21;/h5-12,14,19H,3-4,13H2,1-2H3;1H. The quantitative estimate of drug-likeness (QED) is 0.693. The van der Waals surface area contributed by atoms with E-state index >= 15 is 0 Å². The molecule has 1 amide bonds. The highest BCUT2D eigenvalue weighted by atomic mass is 35.5. The minimum absolute atomic E-state index is 0. The number of benzene rings is 1. The Balaban J connectivity index is 0.00000338. The van der Waals surface area contributed by atoms with Gasteiger partial charge in [-0.1, -0.05) is 13.8 Å². The van der Waals surface area contributed by atoms with Crippen LogP contribution in [0.1, 0.15) is 38.2 Å². The lowest BCUT2D eigenvalue weighted by Crippen LogP contribution is -3.00. The van der Waals surface area contributed by atoms with Gasteiger partial charge in [-0.2, -0.15) is 13.3 Å².